The summed E-state index contributed by atoms with van der Waals surface area (Å²) in [4.78, 5) is 2.36. The third-order valence-corrected chi connectivity index (χ3v) is 1.90. The summed E-state index contributed by atoms with van der Waals surface area (Å²) < 4.78 is 0. The number of piperidine rings is 1. The number of nitrogens with zero attached hydrogens (tertiary/aromatic N) is 1. The molecule has 1 nitrogen and oxygen atoms in total. The van der Waals surface area contributed by atoms with E-state index >= 15 is 0 Å². The standard InChI is InChI=1S/C8H15N.H2/c1-8(2)9-6-4-3-5-7-9;/h1,3-7H2,2H3;1H. The second kappa shape index (κ2) is 2.90. The fourth-order valence-corrected chi connectivity index (χ4v) is 1.28. The van der Waals surface area contributed by atoms with Crippen LogP contribution in [-0.4, -0.2) is 18.0 Å². The molecule has 1 aliphatic rings. The lowest BCUT2D eigenvalue weighted by Crippen LogP contribution is -2.27. The van der Waals surface area contributed by atoms with Crippen molar-refractivity contribution in [2.75, 3.05) is 13.1 Å². The van der Waals surface area contributed by atoms with Crippen LogP contribution in [0.15, 0.2) is 12.3 Å². The summed E-state index contributed by atoms with van der Waals surface area (Å²) >= 11 is 0. The first-order chi connectivity index (χ1) is 4.30. The van der Waals surface area contributed by atoms with Crippen molar-refractivity contribution in [2.45, 2.75) is 26.2 Å². The van der Waals surface area contributed by atoms with Crippen LogP contribution in [0.4, 0.5) is 0 Å². The van der Waals surface area contributed by atoms with Gasteiger partial charge in [0.15, 0.2) is 0 Å². The third-order valence-electron chi connectivity index (χ3n) is 1.90. The van der Waals surface area contributed by atoms with Gasteiger partial charge in [-0.2, -0.15) is 0 Å². The predicted molar refractivity (Wildman–Crippen MR) is 42.4 cm³/mol. The molecule has 0 aromatic carbocycles. The van der Waals surface area contributed by atoms with E-state index in [0.717, 1.165) is 0 Å². The fourth-order valence-electron chi connectivity index (χ4n) is 1.28. The average molecular weight is 127 g/mol. The Balaban J connectivity index is 0.000000810. The Morgan fingerprint density at radius 3 is 2.22 bits per heavy atom. The number of likely N-dealkylation sites (tertiary alicyclic amines) is 1. The molecule has 0 saturated carbocycles. The van der Waals surface area contributed by atoms with E-state index in [9.17, 15) is 0 Å². The molecule has 1 rings (SSSR count). The molecule has 1 aliphatic heterocycles. The lowest BCUT2D eigenvalue weighted by molar-refractivity contribution is 0.287. The first-order valence-corrected chi connectivity index (χ1v) is 3.71. The minimum absolute atomic E-state index is 0. The van der Waals surface area contributed by atoms with Gasteiger partial charge < -0.3 is 4.90 Å². The zero-order chi connectivity index (χ0) is 6.69. The van der Waals surface area contributed by atoms with Gasteiger partial charge in [-0.05, 0) is 26.2 Å². The van der Waals surface area contributed by atoms with Crippen molar-refractivity contribution < 1.29 is 1.43 Å². The van der Waals surface area contributed by atoms with Crippen LogP contribution in [0.1, 0.15) is 27.6 Å². The fraction of sp³-hybridized carbons (Fsp3) is 0.750. The quantitative estimate of drug-likeness (QED) is 0.522. The van der Waals surface area contributed by atoms with E-state index in [0.29, 0.717) is 0 Å². The highest BCUT2D eigenvalue weighted by molar-refractivity contribution is 4.89. The topological polar surface area (TPSA) is 3.24 Å². The Hall–Kier alpha value is -0.460. The molecule has 9 heavy (non-hydrogen) atoms. The Morgan fingerprint density at radius 1 is 1.33 bits per heavy atom. The summed E-state index contributed by atoms with van der Waals surface area (Å²) in [5.74, 6) is 0. The summed E-state index contributed by atoms with van der Waals surface area (Å²) in [5.41, 5.74) is 1.23. The van der Waals surface area contributed by atoms with Gasteiger partial charge in [0.1, 0.15) is 0 Å². The third kappa shape index (κ3) is 1.74. The largest absolute Gasteiger partial charge is 0.376 e. The highest BCUT2D eigenvalue weighted by atomic mass is 15.1. The first-order valence-electron chi connectivity index (χ1n) is 3.71. The lowest BCUT2D eigenvalue weighted by atomic mass is 10.1. The Labute approximate surface area is 58.8 Å². The molecule has 0 amide bonds. The first kappa shape index (κ1) is 6.66. The molecule has 0 atom stereocenters. The zero-order valence-corrected chi connectivity index (χ0v) is 6.19. The van der Waals surface area contributed by atoms with Crippen LogP contribution >= 0.6 is 0 Å². The maximum Gasteiger partial charge on any atom is 0.0174 e. The molecule has 0 aromatic rings. The van der Waals surface area contributed by atoms with Crippen LogP contribution in [-0.2, 0) is 0 Å². The number of hydrogen-bond acceptors (Lipinski definition) is 1. The second-order valence-corrected chi connectivity index (χ2v) is 2.78. The molecular weight excluding hydrogens is 110 g/mol. The van der Waals surface area contributed by atoms with Crippen LogP contribution in [0.5, 0.6) is 0 Å². The highest BCUT2D eigenvalue weighted by Gasteiger charge is 2.07. The molecule has 0 aromatic heterocycles. The van der Waals surface area contributed by atoms with E-state index < -0.39 is 0 Å². The van der Waals surface area contributed by atoms with Crippen LogP contribution in [0.3, 0.4) is 0 Å². The van der Waals surface area contributed by atoms with Gasteiger partial charge in [-0.1, -0.05) is 6.58 Å². The van der Waals surface area contributed by atoms with E-state index in [4.69, 9.17) is 0 Å². The van der Waals surface area contributed by atoms with Gasteiger partial charge in [0.05, 0.1) is 0 Å². The summed E-state index contributed by atoms with van der Waals surface area (Å²) in [6.07, 6.45) is 4.11. The Bertz CT molecular complexity index is 106. The molecular formula is C8H17N. The summed E-state index contributed by atoms with van der Waals surface area (Å²) in [6, 6.07) is 0. The van der Waals surface area contributed by atoms with Gasteiger partial charge in [-0.15, -0.1) is 0 Å². The molecule has 1 heteroatoms. The van der Waals surface area contributed by atoms with Gasteiger partial charge in [0.2, 0.25) is 0 Å². The molecule has 0 radical (unpaired) electrons. The van der Waals surface area contributed by atoms with Crippen molar-refractivity contribution in [1.82, 2.24) is 4.90 Å². The minimum atomic E-state index is 0. The molecule has 0 aliphatic carbocycles. The molecule has 0 N–H and O–H groups in total. The van der Waals surface area contributed by atoms with Gasteiger partial charge >= 0.3 is 0 Å². The molecule has 1 fully saturated rings. The molecule has 54 valence electrons. The SMILES string of the molecule is C=C(C)N1CCCCC1.[HH]. The van der Waals surface area contributed by atoms with Crippen LogP contribution in [0, 0.1) is 0 Å². The zero-order valence-electron chi connectivity index (χ0n) is 6.19. The van der Waals surface area contributed by atoms with Gasteiger partial charge in [-0.3, -0.25) is 0 Å². The van der Waals surface area contributed by atoms with E-state index in [1.54, 1.807) is 0 Å². The highest BCUT2D eigenvalue weighted by Crippen LogP contribution is 2.12. The summed E-state index contributed by atoms with van der Waals surface area (Å²) in [7, 11) is 0. The lowest BCUT2D eigenvalue weighted by Gasteiger charge is -2.28. The molecule has 0 spiro atoms. The van der Waals surface area contributed by atoms with Crippen molar-refractivity contribution in [3.63, 3.8) is 0 Å². The average Bonchev–Trinajstić information content (AvgIpc) is 1.90. The maximum atomic E-state index is 3.90. The normalized spacial score (nSPS) is 19.9. The number of allylic oxidation sites excluding steroid dienone is 1. The van der Waals surface area contributed by atoms with Crippen LogP contribution < -0.4 is 0 Å². The molecule has 0 bridgehead atoms. The van der Waals surface area contributed by atoms with Crippen molar-refractivity contribution >= 4 is 0 Å². The predicted octanol–water partition coefficient (Wildman–Crippen LogP) is 2.25. The number of hydrogen-bond donors (Lipinski definition) is 0. The molecule has 0 unspecified atom stereocenters. The van der Waals surface area contributed by atoms with Crippen LogP contribution in [0.25, 0.3) is 0 Å². The van der Waals surface area contributed by atoms with Crippen molar-refractivity contribution in [1.29, 1.82) is 0 Å². The van der Waals surface area contributed by atoms with E-state index in [1.165, 1.54) is 38.0 Å². The summed E-state index contributed by atoms with van der Waals surface area (Å²) in [5, 5.41) is 0. The van der Waals surface area contributed by atoms with Crippen LogP contribution in [0.2, 0.25) is 0 Å². The Kier molecular flexibility index (Phi) is 2.15. The number of rotatable bonds is 1. The van der Waals surface area contributed by atoms with Crippen molar-refractivity contribution in [2.24, 2.45) is 0 Å². The molecule has 1 saturated heterocycles. The maximum absolute atomic E-state index is 3.90. The smallest absolute Gasteiger partial charge is 0.0174 e. The van der Waals surface area contributed by atoms with Crippen molar-refractivity contribution in [3.05, 3.63) is 12.3 Å². The Morgan fingerprint density at radius 2 is 1.89 bits per heavy atom. The molecule has 1 heterocycles. The van der Waals surface area contributed by atoms with Gasteiger partial charge in [0, 0.05) is 20.2 Å². The minimum Gasteiger partial charge on any atom is -0.376 e. The van der Waals surface area contributed by atoms with E-state index in [1.807, 2.05) is 0 Å². The second-order valence-electron chi connectivity index (χ2n) is 2.78. The van der Waals surface area contributed by atoms with Gasteiger partial charge in [0.25, 0.3) is 0 Å². The van der Waals surface area contributed by atoms with E-state index in [2.05, 4.69) is 18.4 Å². The summed E-state index contributed by atoms with van der Waals surface area (Å²) in [6.45, 7) is 8.46. The van der Waals surface area contributed by atoms with Crippen molar-refractivity contribution in [3.8, 4) is 0 Å². The monoisotopic (exact) mass is 127 g/mol. The van der Waals surface area contributed by atoms with Gasteiger partial charge in [-0.25, -0.2) is 0 Å². The van der Waals surface area contributed by atoms with E-state index in [-0.39, 0.29) is 1.43 Å².